The summed E-state index contributed by atoms with van der Waals surface area (Å²) in [7, 11) is 3.90. The fraction of sp³-hybridized carbons (Fsp3) is 0.464. The van der Waals surface area contributed by atoms with Crippen molar-refractivity contribution >= 4 is 18.3 Å². The smallest absolute Gasteiger partial charge is 0.153 e. The molecule has 5 rings (SSSR count). The molecule has 2 unspecified atom stereocenters. The molecule has 192 valence electrons. The number of aldehydes is 2. The highest BCUT2D eigenvalue weighted by Crippen LogP contribution is 2.27. The third kappa shape index (κ3) is 6.17. The summed E-state index contributed by atoms with van der Waals surface area (Å²) < 4.78 is 19.5. The Hall–Kier alpha value is -3.10. The van der Waals surface area contributed by atoms with Crippen LogP contribution in [-0.2, 0) is 6.42 Å². The van der Waals surface area contributed by atoms with Crippen molar-refractivity contribution in [3.05, 3.63) is 64.5 Å². The molecule has 0 bridgehead atoms. The van der Waals surface area contributed by atoms with Gasteiger partial charge in [0.05, 0.1) is 17.4 Å². The molecule has 2 saturated heterocycles. The maximum atomic E-state index is 13.6. The average molecular weight is 495 g/mol. The molecule has 2 heterocycles. The summed E-state index contributed by atoms with van der Waals surface area (Å²) in [4.78, 5) is 25.0. The molecule has 7 nitrogen and oxygen atoms in total. The van der Waals surface area contributed by atoms with Gasteiger partial charge in [0.15, 0.2) is 12.6 Å². The molecule has 2 aliphatic heterocycles. The summed E-state index contributed by atoms with van der Waals surface area (Å²) in [5.41, 5.74) is 5.19. The Labute approximate surface area is 212 Å². The molecule has 0 spiro atoms. The lowest BCUT2D eigenvalue weighted by molar-refractivity contribution is 0.111. The van der Waals surface area contributed by atoms with Gasteiger partial charge in [-0.15, -0.1) is 0 Å². The van der Waals surface area contributed by atoms with Crippen molar-refractivity contribution in [2.75, 3.05) is 27.2 Å². The maximum Gasteiger partial charge on any atom is 0.153 e. The highest BCUT2D eigenvalue weighted by Gasteiger charge is 2.34. The molecule has 1 saturated carbocycles. The van der Waals surface area contributed by atoms with Crippen molar-refractivity contribution < 1.29 is 18.7 Å². The van der Waals surface area contributed by atoms with E-state index in [0.717, 1.165) is 36.8 Å². The molecule has 0 radical (unpaired) electrons. The van der Waals surface area contributed by atoms with Crippen LogP contribution in [0.15, 0.2) is 41.5 Å². The third-order valence-corrected chi connectivity index (χ3v) is 7.29. The number of ether oxygens (including phenoxy) is 1. The van der Waals surface area contributed by atoms with Crippen molar-refractivity contribution in [1.82, 2.24) is 15.6 Å². The summed E-state index contributed by atoms with van der Waals surface area (Å²) >= 11 is 0. The van der Waals surface area contributed by atoms with Gasteiger partial charge in [0.2, 0.25) is 0 Å². The SMILES string of the molecule is CN/N=C(/Cc1ccc(F)c(C=O)c1)c1cc(OC2CCC2)ccc1C=O.CN1CCC2NCCC21. The van der Waals surface area contributed by atoms with Crippen LogP contribution in [0.1, 0.15) is 63.9 Å². The van der Waals surface area contributed by atoms with Crippen molar-refractivity contribution in [3.63, 3.8) is 0 Å². The van der Waals surface area contributed by atoms with E-state index in [-0.39, 0.29) is 11.7 Å². The number of hydrogen-bond donors (Lipinski definition) is 2. The molecular formula is C28H35FN4O3. The van der Waals surface area contributed by atoms with Crippen molar-refractivity contribution in [2.24, 2.45) is 5.10 Å². The number of halogens is 1. The fourth-order valence-corrected chi connectivity index (χ4v) is 5.04. The van der Waals surface area contributed by atoms with Crippen LogP contribution in [-0.4, -0.2) is 68.6 Å². The number of fused-ring (bicyclic) bond motifs is 1. The minimum absolute atomic E-state index is 0.00557. The topological polar surface area (TPSA) is 83.0 Å². The zero-order valence-electron chi connectivity index (χ0n) is 21.0. The number of likely N-dealkylation sites (tertiary alicyclic amines) is 1. The fourth-order valence-electron chi connectivity index (χ4n) is 5.04. The molecule has 2 aromatic carbocycles. The van der Waals surface area contributed by atoms with Gasteiger partial charge in [-0.1, -0.05) is 6.07 Å². The Balaban J connectivity index is 0.000000280. The van der Waals surface area contributed by atoms with Crippen LogP contribution in [0, 0.1) is 5.82 Å². The molecule has 3 aliphatic rings. The Bertz CT molecular complexity index is 1100. The first kappa shape index (κ1) is 26.0. The summed E-state index contributed by atoms with van der Waals surface area (Å²) in [6.07, 6.45) is 7.76. The van der Waals surface area contributed by atoms with E-state index in [1.54, 1.807) is 25.2 Å². The second kappa shape index (κ2) is 12.2. The molecule has 2 atom stereocenters. The van der Waals surface area contributed by atoms with Gasteiger partial charge in [-0.05, 0) is 88.1 Å². The van der Waals surface area contributed by atoms with E-state index in [0.29, 0.717) is 35.3 Å². The Morgan fingerprint density at radius 3 is 2.61 bits per heavy atom. The normalized spacial score (nSPS) is 21.7. The Morgan fingerprint density at radius 1 is 1.14 bits per heavy atom. The van der Waals surface area contributed by atoms with Crippen LogP contribution in [0.5, 0.6) is 5.75 Å². The summed E-state index contributed by atoms with van der Waals surface area (Å²) in [5.74, 6) is 0.127. The summed E-state index contributed by atoms with van der Waals surface area (Å²) in [6.45, 7) is 2.53. The Morgan fingerprint density at radius 2 is 1.94 bits per heavy atom. The average Bonchev–Trinajstić information content (AvgIpc) is 3.48. The molecule has 2 N–H and O–H groups in total. The first-order chi connectivity index (χ1) is 17.5. The zero-order chi connectivity index (χ0) is 25.5. The number of likely N-dealkylation sites (N-methyl/N-ethyl adjacent to an activating group) is 1. The largest absolute Gasteiger partial charge is 0.490 e. The number of benzene rings is 2. The minimum atomic E-state index is -0.565. The molecule has 3 fully saturated rings. The van der Waals surface area contributed by atoms with Gasteiger partial charge in [-0.2, -0.15) is 5.10 Å². The zero-order valence-corrected chi connectivity index (χ0v) is 21.0. The highest BCUT2D eigenvalue weighted by molar-refractivity contribution is 6.07. The van der Waals surface area contributed by atoms with Crippen LogP contribution in [0.4, 0.5) is 4.39 Å². The lowest BCUT2D eigenvalue weighted by Gasteiger charge is -2.26. The van der Waals surface area contributed by atoms with E-state index in [1.807, 2.05) is 6.07 Å². The number of hydrazone groups is 1. The molecule has 1 aliphatic carbocycles. The first-order valence-electron chi connectivity index (χ1n) is 12.7. The predicted octanol–water partition coefficient (Wildman–Crippen LogP) is 3.60. The van der Waals surface area contributed by atoms with Gasteiger partial charge < -0.3 is 20.4 Å². The lowest BCUT2D eigenvalue weighted by Crippen LogP contribution is -2.31. The van der Waals surface area contributed by atoms with E-state index in [4.69, 9.17) is 4.74 Å². The van der Waals surface area contributed by atoms with E-state index in [1.165, 1.54) is 44.5 Å². The number of rotatable bonds is 8. The van der Waals surface area contributed by atoms with Crippen LogP contribution >= 0.6 is 0 Å². The van der Waals surface area contributed by atoms with Crippen molar-refractivity contribution in [1.29, 1.82) is 0 Å². The highest BCUT2D eigenvalue weighted by atomic mass is 19.1. The molecule has 2 aromatic rings. The monoisotopic (exact) mass is 494 g/mol. The van der Waals surface area contributed by atoms with Crippen molar-refractivity contribution in [2.45, 2.75) is 56.7 Å². The molecule has 8 heteroatoms. The van der Waals surface area contributed by atoms with Gasteiger partial charge in [0.1, 0.15) is 11.6 Å². The van der Waals surface area contributed by atoms with Gasteiger partial charge in [0, 0.05) is 36.7 Å². The van der Waals surface area contributed by atoms with Crippen molar-refractivity contribution in [3.8, 4) is 5.75 Å². The lowest BCUT2D eigenvalue weighted by atomic mass is 9.95. The number of carbonyl (C=O) groups excluding carboxylic acids is 2. The van der Waals surface area contributed by atoms with E-state index >= 15 is 0 Å². The molecule has 0 amide bonds. The summed E-state index contributed by atoms with van der Waals surface area (Å²) in [5, 5.41) is 7.81. The van der Waals surface area contributed by atoms with Crippen LogP contribution in [0.3, 0.4) is 0 Å². The minimum Gasteiger partial charge on any atom is -0.490 e. The van der Waals surface area contributed by atoms with Crippen LogP contribution < -0.4 is 15.5 Å². The van der Waals surface area contributed by atoms with Gasteiger partial charge >= 0.3 is 0 Å². The number of nitrogens with zero attached hydrogens (tertiary/aromatic N) is 2. The quantitative estimate of drug-likeness (QED) is 0.332. The van der Waals surface area contributed by atoms with Gasteiger partial charge in [-0.25, -0.2) is 4.39 Å². The molecular weight excluding hydrogens is 459 g/mol. The van der Waals surface area contributed by atoms with Gasteiger partial charge in [-0.3, -0.25) is 9.59 Å². The standard InChI is InChI=1S/C21H21FN2O3.C7H14N2/c1-23-24-21(10-14-5-8-20(22)16(9-14)13-26)19-11-18(7-6-15(19)12-25)27-17-3-2-4-17;1-9-5-3-6-7(9)2-4-8-6/h5-9,11-13,17,23H,2-4,10H2,1H3;6-8H,2-5H2,1H3/b24-21-;. The third-order valence-electron chi connectivity index (χ3n) is 7.29. The van der Waals surface area contributed by atoms with E-state index in [2.05, 4.69) is 27.8 Å². The van der Waals surface area contributed by atoms with Gasteiger partial charge in [0.25, 0.3) is 0 Å². The second-order valence-corrected chi connectivity index (χ2v) is 9.66. The Kier molecular flexibility index (Phi) is 8.83. The number of hydrogen-bond acceptors (Lipinski definition) is 7. The predicted molar refractivity (Wildman–Crippen MR) is 139 cm³/mol. The van der Waals surface area contributed by atoms with Crippen LogP contribution in [0.2, 0.25) is 0 Å². The number of carbonyl (C=O) groups is 2. The molecule has 0 aromatic heterocycles. The second-order valence-electron chi connectivity index (χ2n) is 9.66. The summed E-state index contributed by atoms with van der Waals surface area (Å²) in [6, 6.07) is 11.3. The van der Waals surface area contributed by atoms with E-state index < -0.39 is 5.82 Å². The number of nitrogens with one attached hydrogen (secondary N) is 2. The maximum absolute atomic E-state index is 13.6. The van der Waals surface area contributed by atoms with Crippen LogP contribution in [0.25, 0.3) is 0 Å². The molecule has 36 heavy (non-hydrogen) atoms. The van der Waals surface area contributed by atoms with E-state index in [9.17, 15) is 14.0 Å². The first-order valence-corrected chi connectivity index (χ1v) is 12.7.